The number of rotatable bonds is 5. The van der Waals surface area contributed by atoms with Crippen LogP contribution in [0.3, 0.4) is 0 Å². The molecule has 2 rings (SSSR count). The van der Waals surface area contributed by atoms with Crippen LogP contribution in [0.5, 0.6) is 0 Å². The minimum atomic E-state index is 0.0407. The summed E-state index contributed by atoms with van der Waals surface area (Å²) in [6, 6.07) is 7.56. The highest BCUT2D eigenvalue weighted by atomic mass is 35.5. The van der Waals surface area contributed by atoms with Gasteiger partial charge in [-0.05, 0) is 25.5 Å². The molecular weight excluding hydrogens is 274 g/mol. The molecule has 0 fully saturated rings. The molecule has 2 aromatic rings. The average Bonchev–Trinajstić information content (AvgIpc) is 2.66. The minimum Gasteiger partial charge on any atom is -0.330 e. The molecule has 0 radical (unpaired) electrons. The van der Waals surface area contributed by atoms with Crippen molar-refractivity contribution < 1.29 is 4.79 Å². The first kappa shape index (κ1) is 14.8. The van der Waals surface area contributed by atoms with Gasteiger partial charge >= 0.3 is 0 Å². The molecule has 0 aliphatic rings. The van der Waals surface area contributed by atoms with E-state index in [2.05, 4.69) is 5.10 Å². The van der Waals surface area contributed by atoms with Crippen LogP contribution in [0.15, 0.2) is 24.3 Å². The normalized spacial score (nSPS) is 10.8. The van der Waals surface area contributed by atoms with Gasteiger partial charge in [-0.2, -0.15) is 5.10 Å². The van der Waals surface area contributed by atoms with Crippen molar-refractivity contribution in [1.29, 1.82) is 0 Å². The molecule has 1 heterocycles. The predicted molar refractivity (Wildman–Crippen MR) is 80.2 cm³/mol. The van der Waals surface area contributed by atoms with Gasteiger partial charge in [0.2, 0.25) is 0 Å². The Kier molecular flexibility index (Phi) is 4.57. The molecule has 5 heteroatoms. The summed E-state index contributed by atoms with van der Waals surface area (Å²) in [5.41, 5.74) is 8.77. The zero-order valence-corrected chi connectivity index (χ0v) is 12.4. The highest BCUT2D eigenvalue weighted by Gasteiger charge is 2.17. The molecule has 1 aromatic heterocycles. The molecule has 0 saturated heterocycles. The van der Waals surface area contributed by atoms with Gasteiger partial charge in [-0.15, -0.1) is 0 Å². The summed E-state index contributed by atoms with van der Waals surface area (Å²) in [5, 5.41) is 4.80. The van der Waals surface area contributed by atoms with Gasteiger partial charge < -0.3 is 5.73 Å². The van der Waals surface area contributed by atoms with E-state index in [-0.39, 0.29) is 12.2 Å². The first-order chi connectivity index (χ1) is 9.54. The molecular formula is C15H18ClN3O. The zero-order valence-electron chi connectivity index (χ0n) is 11.7. The number of benzene rings is 1. The summed E-state index contributed by atoms with van der Waals surface area (Å²) in [4.78, 5) is 12.5. The molecule has 0 atom stereocenters. The number of hydrogen-bond donors (Lipinski definition) is 1. The second-order valence-corrected chi connectivity index (χ2v) is 5.14. The quantitative estimate of drug-likeness (QED) is 0.860. The molecule has 0 aliphatic heterocycles. The third-order valence-corrected chi connectivity index (χ3v) is 3.81. The lowest BCUT2D eigenvalue weighted by atomic mass is 9.98. The summed E-state index contributed by atoms with van der Waals surface area (Å²) in [7, 11) is 1.80. The number of aromatic nitrogens is 2. The maximum absolute atomic E-state index is 12.5. The lowest BCUT2D eigenvalue weighted by Gasteiger charge is -2.08. The van der Waals surface area contributed by atoms with E-state index in [1.165, 1.54) is 0 Å². The van der Waals surface area contributed by atoms with Crippen molar-refractivity contribution >= 4 is 17.4 Å². The molecule has 4 nitrogen and oxygen atoms in total. The summed E-state index contributed by atoms with van der Waals surface area (Å²) >= 11 is 6.19. The van der Waals surface area contributed by atoms with Gasteiger partial charge in [0.25, 0.3) is 0 Å². The average molecular weight is 292 g/mol. The Hall–Kier alpha value is -1.65. The van der Waals surface area contributed by atoms with Gasteiger partial charge in [0.1, 0.15) is 0 Å². The number of hydrogen-bond acceptors (Lipinski definition) is 3. The van der Waals surface area contributed by atoms with Crippen LogP contribution in [0.25, 0.3) is 0 Å². The number of aryl methyl sites for hydroxylation is 2. The molecule has 0 spiro atoms. The first-order valence-electron chi connectivity index (χ1n) is 6.53. The monoisotopic (exact) mass is 291 g/mol. The van der Waals surface area contributed by atoms with E-state index < -0.39 is 0 Å². The number of halogens is 1. The van der Waals surface area contributed by atoms with E-state index in [9.17, 15) is 4.79 Å². The Labute approximate surface area is 123 Å². The van der Waals surface area contributed by atoms with E-state index in [1.807, 2.05) is 31.2 Å². The van der Waals surface area contributed by atoms with Crippen LogP contribution in [0, 0.1) is 6.92 Å². The molecule has 0 bridgehead atoms. The predicted octanol–water partition coefficient (Wildman–Crippen LogP) is 2.31. The van der Waals surface area contributed by atoms with E-state index in [4.69, 9.17) is 17.3 Å². The summed E-state index contributed by atoms with van der Waals surface area (Å²) in [5.74, 6) is 0.0407. The van der Waals surface area contributed by atoms with Crippen molar-refractivity contribution in [2.24, 2.45) is 12.8 Å². The number of nitrogens with two attached hydrogens (primary N) is 1. The number of ketones is 1. The second-order valence-electron chi connectivity index (χ2n) is 4.77. The SMILES string of the molecule is Cc1nn(C)c(CC(=O)c2ccccc2CCN)c1Cl. The fraction of sp³-hybridized carbons (Fsp3) is 0.333. The molecule has 0 amide bonds. The Bertz CT molecular complexity index is 634. The van der Waals surface area contributed by atoms with Crippen molar-refractivity contribution in [3.8, 4) is 0 Å². The van der Waals surface area contributed by atoms with Crippen LogP contribution in [0.4, 0.5) is 0 Å². The molecule has 20 heavy (non-hydrogen) atoms. The zero-order chi connectivity index (χ0) is 14.7. The van der Waals surface area contributed by atoms with Gasteiger partial charge in [-0.3, -0.25) is 9.48 Å². The minimum absolute atomic E-state index is 0.0407. The van der Waals surface area contributed by atoms with Crippen molar-refractivity contribution in [3.63, 3.8) is 0 Å². The van der Waals surface area contributed by atoms with Gasteiger partial charge in [0.05, 0.1) is 22.8 Å². The van der Waals surface area contributed by atoms with E-state index in [0.29, 0.717) is 23.6 Å². The number of Topliss-reactive ketones (excluding diaryl/α,β-unsaturated/α-hetero) is 1. The lowest BCUT2D eigenvalue weighted by Crippen LogP contribution is -2.12. The van der Waals surface area contributed by atoms with Crippen LogP contribution in [-0.4, -0.2) is 22.1 Å². The smallest absolute Gasteiger partial charge is 0.169 e. The van der Waals surface area contributed by atoms with Crippen LogP contribution in [0.1, 0.15) is 27.3 Å². The van der Waals surface area contributed by atoms with E-state index >= 15 is 0 Å². The third kappa shape index (κ3) is 2.92. The first-order valence-corrected chi connectivity index (χ1v) is 6.91. The number of carbonyl (C=O) groups excluding carboxylic acids is 1. The molecule has 0 saturated carbocycles. The standard InChI is InChI=1S/C15H18ClN3O/c1-10-15(16)13(19(2)18-10)9-14(20)12-6-4-3-5-11(12)7-8-17/h3-6H,7-9,17H2,1-2H3. The third-order valence-electron chi connectivity index (χ3n) is 3.32. The van der Waals surface area contributed by atoms with Crippen LogP contribution >= 0.6 is 11.6 Å². The van der Waals surface area contributed by atoms with E-state index in [1.54, 1.807) is 11.7 Å². The molecule has 1 aromatic carbocycles. The summed E-state index contributed by atoms with van der Waals surface area (Å²) in [6.45, 7) is 2.36. The summed E-state index contributed by atoms with van der Waals surface area (Å²) in [6.07, 6.45) is 0.942. The Morgan fingerprint density at radius 2 is 2.10 bits per heavy atom. The van der Waals surface area contributed by atoms with Crippen LogP contribution < -0.4 is 5.73 Å². The Morgan fingerprint density at radius 1 is 1.40 bits per heavy atom. The second kappa shape index (κ2) is 6.20. The van der Waals surface area contributed by atoms with Crippen LogP contribution in [-0.2, 0) is 19.9 Å². The fourth-order valence-corrected chi connectivity index (χ4v) is 2.51. The van der Waals surface area contributed by atoms with Crippen LogP contribution in [0.2, 0.25) is 5.02 Å². The molecule has 2 N–H and O–H groups in total. The largest absolute Gasteiger partial charge is 0.330 e. The Morgan fingerprint density at radius 3 is 2.70 bits per heavy atom. The van der Waals surface area contributed by atoms with Gasteiger partial charge in [-0.1, -0.05) is 35.9 Å². The van der Waals surface area contributed by atoms with Gasteiger partial charge in [0, 0.05) is 12.6 Å². The highest BCUT2D eigenvalue weighted by molar-refractivity contribution is 6.32. The van der Waals surface area contributed by atoms with E-state index in [0.717, 1.165) is 17.0 Å². The number of carbonyl (C=O) groups is 1. The Balaban J connectivity index is 2.29. The maximum atomic E-state index is 12.5. The molecule has 0 unspecified atom stereocenters. The van der Waals surface area contributed by atoms with Gasteiger partial charge in [0.15, 0.2) is 5.78 Å². The highest BCUT2D eigenvalue weighted by Crippen LogP contribution is 2.22. The van der Waals surface area contributed by atoms with Crippen molar-refractivity contribution in [1.82, 2.24) is 9.78 Å². The lowest BCUT2D eigenvalue weighted by molar-refractivity contribution is 0.0990. The number of nitrogens with zero attached hydrogens (tertiary/aromatic N) is 2. The molecule has 0 aliphatic carbocycles. The topological polar surface area (TPSA) is 60.9 Å². The molecule has 106 valence electrons. The van der Waals surface area contributed by atoms with Gasteiger partial charge in [-0.25, -0.2) is 0 Å². The fourth-order valence-electron chi connectivity index (χ4n) is 2.29. The van der Waals surface area contributed by atoms with Crippen molar-refractivity contribution in [2.75, 3.05) is 6.54 Å². The van der Waals surface area contributed by atoms with Crippen molar-refractivity contribution in [3.05, 3.63) is 51.8 Å². The van der Waals surface area contributed by atoms with Crippen molar-refractivity contribution in [2.45, 2.75) is 19.8 Å². The summed E-state index contributed by atoms with van der Waals surface area (Å²) < 4.78 is 1.67. The maximum Gasteiger partial charge on any atom is 0.169 e.